The van der Waals surface area contributed by atoms with Crippen molar-refractivity contribution in [1.29, 1.82) is 0 Å². The molecule has 1 aromatic carbocycles. The zero-order valence-corrected chi connectivity index (χ0v) is 16.1. The number of hydrogen-bond acceptors (Lipinski definition) is 5. The number of nitrogens with one attached hydrogen (secondary N) is 1. The first-order chi connectivity index (χ1) is 13.4. The van der Waals surface area contributed by atoms with Crippen molar-refractivity contribution in [2.75, 3.05) is 25.5 Å². The SMILES string of the molecule is CN(CCOC(=O)Nc1ccc(C(N)=O)cn1)C(=O)CCc1ccccc1Cl. The van der Waals surface area contributed by atoms with E-state index in [1.54, 1.807) is 13.1 Å². The Morgan fingerprint density at radius 3 is 2.61 bits per heavy atom. The Kier molecular flexibility index (Phi) is 7.76. The van der Waals surface area contributed by atoms with Crippen molar-refractivity contribution in [2.24, 2.45) is 5.73 Å². The Morgan fingerprint density at radius 2 is 1.96 bits per heavy atom. The molecule has 28 heavy (non-hydrogen) atoms. The van der Waals surface area contributed by atoms with E-state index < -0.39 is 12.0 Å². The number of rotatable bonds is 8. The molecule has 9 heteroatoms. The van der Waals surface area contributed by atoms with Crippen LogP contribution in [0.3, 0.4) is 0 Å². The van der Waals surface area contributed by atoms with Gasteiger partial charge in [0.25, 0.3) is 0 Å². The lowest BCUT2D eigenvalue weighted by Gasteiger charge is -2.17. The molecular weight excluding hydrogens is 384 g/mol. The van der Waals surface area contributed by atoms with E-state index in [0.717, 1.165) is 5.56 Å². The van der Waals surface area contributed by atoms with Crippen molar-refractivity contribution in [2.45, 2.75) is 12.8 Å². The van der Waals surface area contributed by atoms with Gasteiger partial charge in [0.2, 0.25) is 11.8 Å². The number of halogens is 1. The van der Waals surface area contributed by atoms with Crippen LogP contribution in [-0.2, 0) is 16.0 Å². The highest BCUT2D eigenvalue weighted by Gasteiger charge is 2.11. The lowest BCUT2D eigenvalue weighted by Crippen LogP contribution is -2.31. The topological polar surface area (TPSA) is 115 Å². The second-order valence-electron chi connectivity index (χ2n) is 5.96. The second kappa shape index (κ2) is 10.3. The Balaban J connectivity index is 1.69. The Labute approximate surface area is 167 Å². The molecule has 0 bridgehead atoms. The largest absolute Gasteiger partial charge is 0.447 e. The number of aryl methyl sites for hydroxylation is 1. The standard InChI is InChI=1S/C19H21ClN4O4/c1-24(17(25)9-7-13-4-2-3-5-15(13)20)10-11-28-19(27)23-16-8-6-14(12-22-16)18(21)26/h2-6,8,12H,7,9-11H2,1H3,(H2,21,26)(H,22,23,27). The number of carbonyl (C=O) groups excluding carboxylic acids is 3. The minimum absolute atomic E-state index is 0.0273. The van der Waals surface area contributed by atoms with E-state index in [9.17, 15) is 14.4 Å². The molecular formula is C19H21ClN4O4. The Hall–Kier alpha value is -3.13. The summed E-state index contributed by atoms with van der Waals surface area (Å²) in [5.41, 5.74) is 6.26. The molecule has 3 N–H and O–H groups in total. The van der Waals surface area contributed by atoms with Crippen LogP contribution in [0, 0.1) is 0 Å². The number of pyridine rings is 1. The molecule has 2 rings (SSSR count). The number of nitrogens with two attached hydrogens (primary N) is 1. The molecule has 3 amide bonds. The number of hydrogen-bond donors (Lipinski definition) is 2. The van der Waals surface area contributed by atoms with Gasteiger partial charge in [0.1, 0.15) is 12.4 Å². The van der Waals surface area contributed by atoms with Crippen LogP contribution in [0.1, 0.15) is 22.3 Å². The molecule has 0 radical (unpaired) electrons. The maximum Gasteiger partial charge on any atom is 0.412 e. The molecule has 1 heterocycles. The van der Waals surface area contributed by atoms with Gasteiger partial charge in [-0.25, -0.2) is 9.78 Å². The summed E-state index contributed by atoms with van der Waals surface area (Å²) in [5, 5.41) is 3.06. The number of benzene rings is 1. The van der Waals surface area contributed by atoms with E-state index >= 15 is 0 Å². The van der Waals surface area contributed by atoms with Gasteiger partial charge in [0.05, 0.1) is 12.1 Å². The van der Waals surface area contributed by atoms with Crippen molar-refractivity contribution in [3.8, 4) is 0 Å². The average molecular weight is 405 g/mol. The molecule has 148 valence electrons. The van der Waals surface area contributed by atoms with Crippen LogP contribution >= 0.6 is 11.6 Å². The molecule has 1 aromatic heterocycles. The fraction of sp³-hybridized carbons (Fsp3) is 0.263. The monoisotopic (exact) mass is 404 g/mol. The first-order valence-electron chi connectivity index (χ1n) is 8.54. The molecule has 8 nitrogen and oxygen atoms in total. The van der Waals surface area contributed by atoms with Crippen LogP contribution in [0.25, 0.3) is 0 Å². The molecule has 0 spiro atoms. The maximum absolute atomic E-state index is 12.2. The summed E-state index contributed by atoms with van der Waals surface area (Å²) in [6.45, 7) is 0.280. The number of nitrogens with zero attached hydrogens (tertiary/aromatic N) is 2. The summed E-state index contributed by atoms with van der Waals surface area (Å²) < 4.78 is 5.03. The lowest BCUT2D eigenvalue weighted by molar-refractivity contribution is -0.130. The Bertz CT molecular complexity index is 842. The number of aromatic nitrogens is 1. The molecule has 0 saturated heterocycles. The van der Waals surface area contributed by atoms with Gasteiger partial charge in [-0.05, 0) is 30.2 Å². The number of ether oxygens (including phenoxy) is 1. The Morgan fingerprint density at radius 1 is 1.21 bits per heavy atom. The fourth-order valence-corrected chi connectivity index (χ4v) is 2.52. The normalized spacial score (nSPS) is 10.2. The third kappa shape index (κ3) is 6.55. The van der Waals surface area contributed by atoms with E-state index in [2.05, 4.69) is 10.3 Å². The van der Waals surface area contributed by atoms with Crippen LogP contribution in [0.4, 0.5) is 10.6 Å². The summed E-state index contributed by atoms with van der Waals surface area (Å²) in [7, 11) is 1.64. The van der Waals surface area contributed by atoms with Gasteiger partial charge in [-0.1, -0.05) is 29.8 Å². The molecule has 0 fully saturated rings. The molecule has 0 unspecified atom stereocenters. The van der Waals surface area contributed by atoms with E-state index in [1.165, 1.54) is 23.2 Å². The third-order valence-electron chi connectivity index (χ3n) is 3.93. The number of amides is 3. The van der Waals surface area contributed by atoms with E-state index in [-0.39, 0.29) is 30.4 Å². The van der Waals surface area contributed by atoms with Gasteiger partial charge in [-0.15, -0.1) is 0 Å². The minimum atomic E-state index is -0.712. The maximum atomic E-state index is 12.2. The summed E-state index contributed by atoms with van der Waals surface area (Å²) >= 11 is 6.08. The van der Waals surface area contributed by atoms with Crippen molar-refractivity contribution >= 4 is 35.3 Å². The highest BCUT2D eigenvalue weighted by Crippen LogP contribution is 2.16. The van der Waals surface area contributed by atoms with Gasteiger partial charge in [-0.2, -0.15) is 0 Å². The molecule has 0 aliphatic rings. The van der Waals surface area contributed by atoms with Gasteiger partial charge in [0.15, 0.2) is 0 Å². The van der Waals surface area contributed by atoms with E-state index in [1.807, 2.05) is 18.2 Å². The zero-order chi connectivity index (χ0) is 20.5. The lowest BCUT2D eigenvalue weighted by atomic mass is 10.1. The molecule has 0 aliphatic carbocycles. The molecule has 0 atom stereocenters. The number of carbonyl (C=O) groups is 3. The second-order valence-corrected chi connectivity index (χ2v) is 6.37. The average Bonchev–Trinajstić information content (AvgIpc) is 2.67. The summed E-state index contributed by atoms with van der Waals surface area (Å²) in [4.78, 5) is 40.3. The predicted molar refractivity (Wildman–Crippen MR) is 105 cm³/mol. The summed E-state index contributed by atoms with van der Waals surface area (Å²) in [6, 6.07) is 10.3. The van der Waals surface area contributed by atoms with Gasteiger partial charge >= 0.3 is 6.09 Å². The smallest absolute Gasteiger partial charge is 0.412 e. The van der Waals surface area contributed by atoms with Crippen molar-refractivity contribution in [1.82, 2.24) is 9.88 Å². The van der Waals surface area contributed by atoms with Crippen LogP contribution in [0.15, 0.2) is 42.6 Å². The van der Waals surface area contributed by atoms with Crippen LogP contribution < -0.4 is 11.1 Å². The van der Waals surface area contributed by atoms with Crippen molar-refractivity contribution < 1.29 is 19.1 Å². The number of primary amides is 1. The first-order valence-corrected chi connectivity index (χ1v) is 8.91. The van der Waals surface area contributed by atoms with Gasteiger partial charge in [0, 0.05) is 24.7 Å². The number of likely N-dealkylation sites (N-methyl/N-ethyl adjacent to an activating group) is 1. The zero-order valence-electron chi connectivity index (χ0n) is 15.4. The molecule has 0 saturated carbocycles. The van der Waals surface area contributed by atoms with E-state index in [0.29, 0.717) is 17.9 Å². The van der Waals surface area contributed by atoms with Crippen LogP contribution in [0.2, 0.25) is 5.02 Å². The van der Waals surface area contributed by atoms with Crippen LogP contribution in [0.5, 0.6) is 0 Å². The van der Waals surface area contributed by atoms with Gasteiger partial charge < -0.3 is 15.4 Å². The van der Waals surface area contributed by atoms with E-state index in [4.69, 9.17) is 22.1 Å². The van der Waals surface area contributed by atoms with Gasteiger partial charge in [-0.3, -0.25) is 14.9 Å². The number of anilines is 1. The van der Waals surface area contributed by atoms with Crippen molar-refractivity contribution in [3.05, 3.63) is 58.7 Å². The quantitative estimate of drug-likeness (QED) is 0.701. The highest BCUT2D eigenvalue weighted by molar-refractivity contribution is 6.31. The minimum Gasteiger partial charge on any atom is -0.447 e. The summed E-state index contributed by atoms with van der Waals surface area (Å²) in [6.07, 6.45) is 1.39. The van der Waals surface area contributed by atoms with Crippen molar-refractivity contribution in [3.63, 3.8) is 0 Å². The summed E-state index contributed by atoms with van der Waals surface area (Å²) in [5.74, 6) is -0.462. The van der Waals surface area contributed by atoms with Crippen LogP contribution in [-0.4, -0.2) is 48.0 Å². The molecule has 2 aromatic rings. The fourth-order valence-electron chi connectivity index (χ4n) is 2.29. The predicted octanol–water partition coefficient (Wildman–Crippen LogP) is 2.47. The third-order valence-corrected chi connectivity index (χ3v) is 4.30. The highest BCUT2D eigenvalue weighted by atomic mass is 35.5. The first kappa shape index (κ1) is 21.2. The molecule has 0 aliphatic heterocycles.